The Morgan fingerprint density at radius 2 is 2.22 bits per heavy atom. The molecule has 1 aromatic heterocycles. The van der Waals surface area contributed by atoms with Crippen molar-refractivity contribution in [3.63, 3.8) is 0 Å². The number of pyridine rings is 1. The van der Waals surface area contributed by atoms with Gasteiger partial charge in [0, 0.05) is 31.3 Å². The molecular formula is C14H22N2O2. The molecular weight excluding hydrogens is 228 g/mol. The normalized spacial score (nSPS) is 24.6. The van der Waals surface area contributed by atoms with Crippen LogP contribution in [0.2, 0.25) is 0 Å². The zero-order chi connectivity index (χ0) is 13.1. The number of hydrogen-bond acceptors (Lipinski definition) is 4. The lowest BCUT2D eigenvalue weighted by Crippen LogP contribution is -2.45. The first-order valence-electron chi connectivity index (χ1n) is 6.62. The third-order valence-corrected chi connectivity index (χ3v) is 3.63. The monoisotopic (exact) mass is 250 g/mol. The molecule has 2 rings (SSSR count). The molecule has 2 atom stereocenters. The van der Waals surface area contributed by atoms with Crippen LogP contribution in [0.5, 0.6) is 0 Å². The van der Waals surface area contributed by atoms with Crippen LogP contribution in [0.25, 0.3) is 0 Å². The van der Waals surface area contributed by atoms with Crippen LogP contribution < -0.4 is 4.90 Å². The fraction of sp³-hybridized carbons (Fsp3) is 0.643. The maximum atomic E-state index is 9.95. The Hall–Kier alpha value is -1.13. The molecule has 1 saturated heterocycles. The van der Waals surface area contributed by atoms with E-state index in [1.165, 1.54) is 0 Å². The topological polar surface area (TPSA) is 56.6 Å². The highest BCUT2D eigenvalue weighted by Crippen LogP contribution is 2.23. The number of anilines is 1. The lowest BCUT2D eigenvalue weighted by Gasteiger charge is -2.36. The minimum Gasteiger partial charge on any atom is -0.396 e. The van der Waals surface area contributed by atoms with E-state index < -0.39 is 6.10 Å². The summed E-state index contributed by atoms with van der Waals surface area (Å²) in [6.07, 6.45) is 0.346. The number of piperidine rings is 1. The largest absolute Gasteiger partial charge is 0.396 e. The predicted octanol–water partition coefficient (Wildman–Crippen LogP) is 1.38. The zero-order valence-corrected chi connectivity index (χ0v) is 11.1. The quantitative estimate of drug-likeness (QED) is 0.851. The molecule has 4 nitrogen and oxygen atoms in total. The Balaban J connectivity index is 2.10. The van der Waals surface area contributed by atoms with Crippen molar-refractivity contribution in [3.8, 4) is 0 Å². The summed E-state index contributed by atoms with van der Waals surface area (Å²) in [5.41, 5.74) is 1.08. The molecule has 1 fully saturated rings. The van der Waals surface area contributed by atoms with E-state index in [9.17, 15) is 5.11 Å². The summed E-state index contributed by atoms with van der Waals surface area (Å²) in [4.78, 5) is 6.73. The van der Waals surface area contributed by atoms with Crippen LogP contribution in [-0.2, 0) is 0 Å². The minimum absolute atomic E-state index is 0.00883. The van der Waals surface area contributed by atoms with Crippen molar-refractivity contribution in [2.24, 2.45) is 5.92 Å². The lowest BCUT2D eigenvalue weighted by atomic mass is 9.95. The second kappa shape index (κ2) is 5.67. The van der Waals surface area contributed by atoms with Crippen LogP contribution >= 0.6 is 0 Å². The number of aliphatic hydroxyl groups excluding tert-OH is 2. The van der Waals surface area contributed by atoms with Gasteiger partial charge in [0.1, 0.15) is 5.82 Å². The molecule has 1 aliphatic rings. The Morgan fingerprint density at radius 1 is 1.44 bits per heavy atom. The van der Waals surface area contributed by atoms with Crippen molar-refractivity contribution in [3.05, 3.63) is 23.9 Å². The average molecular weight is 250 g/mol. The van der Waals surface area contributed by atoms with Gasteiger partial charge in [-0.05, 0) is 24.5 Å². The van der Waals surface area contributed by atoms with E-state index in [0.717, 1.165) is 24.5 Å². The minimum atomic E-state index is -0.465. The average Bonchev–Trinajstić information content (AvgIpc) is 2.38. The maximum absolute atomic E-state index is 9.95. The first-order valence-corrected chi connectivity index (χ1v) is 6.62. The molecule has 0 spiro atoms. The van der Waals surface area contributed by atoms with Gasteiger partial charge >= 0.3 is 0 Å². The van der Waals surface area contributed by atoms with E-state index in [1.807, 2.05) is 18.2 Å². The van der Waals surface area contributed by atoms with Gasteiger partial charge in [-0.15, -0.1) is 0 Å². The van der Waals surface area contributed by atoms with Gasteiger partial charge in [-0.3, -0.25) is 0 Å². The standard InChI is InChI=1S/C14H22N2O2/c1-10(2)12-4-3-5-14(15-12)16-7-6-11(9-17)13(18)8-16/h3-5,10-11,13,17-18H,6-9H2,1-2H3/t11-,13+/m1/s1. The fourth-order valence-corrected chi connectivity index (χ4v) is 2.34. The van der Waals surface area contributed by atoms with Crippen LogP contribution in [-0.4, -0.2) is 41.0 Å². The van der Waals surface area contributed by atoms with Crippen molar-refractivity contribution >= 4 is 5.82 Å². The molecule has 0 amide bonds. The van der Waals surface area contributed by atoms with Crippen LogP contribution in [0.15, 0.2) is 18.2 Å². The first-order chi connectivity index (χ1) is 8.61. The smallest absolute Gasteiger partial charge is 0.128 e. The Labute approximate surface area is 108 Å². The number of aromatic nitrogens is 1. The van der Waals surface area contributed by atoms with Crippen LogP contribution in [0.3, 0.4) is 0 Å². The molecule has 2 N–H and O–H groups in total. The summed E-state index contributed by atoms with van der Waals surface area (Å²) in [5.74, 6) is 1.34. The number of hydrogen-bond donors (Lipinski definition) is 2. The summed E-state index contributed by atoms with van der Waals surface area (Å²) in [6, 6.07) is 6.03. The van der Waals surface area contributed by atoms with Gasteiger partial charge in [0.25, 0.3) is 0 Å². The highest BCUT2D eigenvalue weighted by molar-refractivity contribution is 5.40. The van der Waals surface area contributed by atoms with Crippen molar-refractivity contribution in [1.82, 2.24) is 4.98 Å². The number of nitrogens with zero attached hydrogens (tertiary/aromatic N) is 2. The summed E-state index contributed by atoms with van der Waals surface area (Å²) < 4.78 is 0. The molecule has 1 aliphatic heterocycles. The van der Waals surface area contributed by atoms with Gasteiger partial charge in [-0.2, -0.15) is 0 Å². The summed E-state index contributed by atoms with van der Waals surface area (Å²) in [5, 5.41) is 19.1. The number of aliphatic hydroxyl groups is 2. The number of rotatable bonds is 3. The van der Waals surface area contributed by atoms with Crippen LogP contribution in [0.1, 0.15) is 31.9 Å². The molecule has 0 bridgehead atoms. The Kier molecular flexibility index (Phi) is 4.19. The van der Waals surface area contributed by atoms with Gasteiger partial charge in [-0.25, -0.2) is 4.98 Å². The molecule has 4 heteroatoms. The molecule has 0 aromatic carbocycles. The van der Waals surface area contributed by atoms with Crippen molar-refractivity contribution < 1.29 is 10.2 Å². The second-order valence-corrected chi connectivity index (χ2v) is 5.32. The summed E-state index contributed by atoms with van der Waals surface area (Å²) in [6.45, 7) is 5.71. The molecule has 0 aliphatic carbocycles. The first kappa shape index (κ1) is 13.3. The molecule has 2 heterocycles. The SMILES string of the molecule is CC(C)c1cccc(N2CC[C@H](CO)[C@@H](O)C2)n1. The Bertz CT molecular complexity index is 395. The molecule has 0 radical (unpaired) electrons. The van der Waals surface area contributed by atoms with Crippen molar-refractivity contribution in [2.45, 2.75) is 32.3 Å². The molecule has 1 aromatic rings. The summed E-state index contributed by atoms with van der Waals surface area (Å²) >= 11 is 0. The molecule has 0 saturated carbocycles. The van der Waals surface area contributed by atoms with Crippen molar-refractivity contribution in [1.29, 1.82) is 0 Å². The van der Waals surface area contributed by atoms with E-state index >= 15 is 0 Å². The van der Waals surface area contributed by atoms with Crippen LogP contribution in [0, 0.1) is 5.92 Å². The number of β-amino-alcohol motifs (C(OH)–C–C–N with tert-alkyl or cyclic N) is 1. The second-order valence-electron chi connectivity index (χ2n) is 5.32. The van der Waals surface area contributed by atoms with E-state index in [-0.39, 0.29) is 12.5 Å². The fourth-order valence-electron chi connectivity index (χ4n) is 2.34. The lowest BCUT2D eigenvalue weighted by molar-refractivity contribution is 0.0546. The third-order valence-electron chi connectivity index (χ3n) is 3.63. The molecule has 18 heavy (non-hydrogen) atoms. The molecule has 0 unspecified atom stereocenters. The summed E-state index contributed by atoms with van der Waals surface area (Å²) in [7, 11) is 0. The third kappa shape index (κ3) is 2.82. The Morgan fingerprint density at radius 3 is 2.83 bits per heavy atom. The van der Waals surface area contributed by atoms with Gasteiger partial charge in [0.05, 0.1) is 6.10 Å². The highest BCUT2D eigenvalue weighted by Gasteiger charge is 2.27. The van der Waals surface area contributed by atoms with E-state index in [1.54, 1.807) is 0 Å². The molecule has 100 valence electrons. The van der Waals surface area contributed by atoms with E-state index in [2.05, 4.69) is 23.7 Å². The van der Waals surface area contributed by atoms with E-state index in [0.29, 0.717) is 12.5 Å². The van der Waals surface area contributed by atoms with E-state index in [4.69, 9.17) is 5.11 Å². The predicted molar refractivity (Wildman–Crippen MR) is 71.7 cm³/mol. The highest BCUT2D eigenvalue weighted by atomic mass is 16.3. The van der Waals surface area contributed by atoms with Gasteiger partial charge in [0.15, 0.2) is 0 Å². The zero-order valence-electron chi connectivity index (χ0n) is 11.1. The van der Waals surface area contributed by atoms with Gasteiger partial charge < -0.3 is 15.1 Å². The maximum Gasteiger partial charge on any atom is 0.128 e. The van der Waals surface area contributed by atoms with Gasteiger partial charge in [-0.1, -0.05) is 19.9 Å². The van der Waals surface area contributed by atoms with Crippen molar-refractivity contribution in [2.75, 3.05) is 24.6 Å². The van der Waals surface area contributed by atoms with Gasteiger partial charge in [0.2, 0.25) is 0 Å². The van der Waals surface area contributed by atoms with Crippen LogP contribution in [0.4, 0.5) is 5.82 Å².